The molecular formula is C13H23NO4. The summed E-state index contributed by atoms with van der Waals surface area (Å²) in [4.78, 5) is 22.7. The van der Waals surface area contributed by atoms with Crippen LogP contribution in [0.2, 0.25) is 0 Å². The number of carbonyl (C=O) groups excluding carboxylic acids is 1. The van der Waals surface area contributed by atoms with Crippen LogP contribution in [0.4, 0.5) is 0 Å². The van der Waals surface area contributed by atoms with E-state index in [-0.39, 0.29) is 5.92 Å². The third-order valence-corrected chi connectivity index (χ3v) is 2.38. The van der Waals surface area contributed by atoms with Crippen LogP contribution >= 0.6 is 0 Å². The van der Waals surface area contributed by atoms with Gasteiger partial charge in [0.2, 0.25) is 5.91 Å². The van der Waals surface area contributed by atoms with Gasteiger partial charge in [-0.2, -0.15) is 0 Å². The van der Waals surface area contributed by atoms with Gasteiger partial charge in [0.25, 0.3) is 0 Å². The topological polar surface area (TPSA) is 75.6 Å². The van der Waals surface area contributed by atoms with Crippen LogP contribution in [-0.4, -0.2) is 35.7 Å². The molecule has 0 radical (unpaired) electrons. The smallest absolute Gasteiger partial charge is 0.326 e. The number of nitrogens with one attached hydrogen (secondary N) is 1. The van der Waals surface area contributed by atoms with E-state index in [0.29, 0.717) is 19.4 Å². The number of carboxylic acid groups (broad SMARTS) is 1. The number of carbonyl (C=O) groups is 2. The summed E-state index contributed by atoms with van der Waals surface area (Å²) in [7, 11) is 0. The van der Waals surface area contributed by atoms with Crippen molar-refractivity contribution in [3.05, 3.63) is 12.7 Å². The summed E-state index contributed by atoms with van der Waals surface area (Å²) in [5.74, 6) is -1.22. The minimum Gasteiger partial charge on any atom is -0.480 e. The molecule has 0 fully saturated rings. The maximum atomic E-state index is 11.7. The average molecular weight is 257 g/mol. The molecule has 0 aliphatic heterocycles. The molecule has 18 heavy (non-hydrogen) atoms. The Morgan fingerprint density at radius 3 is 2.44 bits per heavy atom. The lowest BCUT2D eigenvalue weighted by molar-refractivity contribution is -0.144. The van der Waals surface area contributed by atoms with Crippen molar-refractivity contribution in [2.24, 2.45) is 5.92 Å². The minimum atomic E-state index is -1.02. The highest BCUT2D eigenvalue weighted by atomic mass is 16.5. The lowest BCUT2D eigenvalue weighted by Crippen LogP contribution is -2.46. The summed E-state index contributed by atoms with van der Waals surface area (Å²) in [5.41, 5.74) is 0. The average Bonchev–Trinajstić information content (AvgIpc) is 2.27. The van der Waals surface area contributed by atoms with Crippen molar-refractivity contribution in [3.8, 4) is 0 Å². The van der Waals surface area contributed by atoms with Crippen molar-refractivity contribution in [1.29, 1.82) is 0 Å². The van der Waals surface area contributed by atoms with Crippen molar-refractivity contribution >= 4 is 11.9 Å². The van der Waals surface area contributed by atoms with Gasteiger partial charge in [0.1, 0.15) is 12.1 Å². The molecule has 0 heterocycles. The Labute approximate surface area is 108 Å². The fourth-order valence-electron chi connectivity index (χ4n) is 1.39. The fourth-order valence-corrected chi connectivity index (χ4v) is 1.39. The molecule has 0 bridgehead atoms. The molecule has 0 aliphatic carbocycles. The number of rotatable bonds is 9. The highest BCUT2D eigenvalue weighted by Crippen LogP contribution is 2.05. The van der Waals surface area contributed by atoms with Crippen molar-refractivity contribution in [1.82, 2.24) is 5.32 Å². The highest BCUT2D eigenvalue weighted by molar-refractivity contribution is 5.86. The molecule has 0 aromatic rings. The van der Waals surface area contributed by atoms with Gasteiger partial charge in [-0.05, 0) is 25.7 Å². The summed E-state index contributed by atoms with van der Waals surface area (Å²) in [6, 6.07) is -0.858. The Morgan fingerprint density at radius 2 is 2.00 bits per heavy atom. The molecular weight excluding hydrogens is 234 g/mol. The molecule has 0 aliphatic rings. The van der Waals surface area contributed by atoms with Crippen LogP contribution in [0.5, 0.6) is 0 Å². The van der Waals surface area contributed by atoms with Crippen LogP contribution in [0, 0.1) is 5.92 Å². The van der Waals surface area contributed by atoms with Crippen LogP contribution in [0.25, 0.3) is 0 Å². The predicted octanol–water partition coefficient (Wildman–Crippen LogP) is 1.58. The third kappa shape index (κ3) is 7.06. The van der Waals surface area contributed by atoms with Crippen molar-refractivity contribution in [2.75, 3.05) is 6.61 Å². The SMILES string of the molecule is C=CCCOC(C)C(=O)N[C@H](CC(C)C)C(=O)O. The van der Waals surface area contributed by atoms with E-state index < -0.39 is 24.0 Å². The van der Waals surface area contributed by atoms with E-state index in [9.17, 15) is 9.59 Å². The first-order valence-electron chi connectivity index (χ1n) is 6.14. The summed E-state index contributed by atoms with van der Waals surface area (Å²) in [6.45, 7) is 9.37. The number of aliphatic carboxylic acids is 1. The van der Waals surface area contributed by atoms with Gasteiger partial charge in [0, 0.05) is 0 Å². The summed E-state index contributed by atoms with van der Waals surface area (Å²) in [5, 5.41) is 11.5. The zero-order valence-electron chi connectivity index (χ0n) is 11.3. The zero-order valence-corrected chi connectivity index (χ0v) is 11.3. The molecule has 0 spiro atoms. The van der Waals surface area contributed by atoms with Gasteiger partial charge < -0.3 is 15.2 Å². The second kappa shape index (κ2) is 8.69. The minimum absolute atomic E-state index is 0.198. The van der Waals surface area contributed by atoms with Gasteiger partial charge in [-0.1, -0.05) is 19.9 Å². The van der Waals surface area contributed by atoms with Crippen LogP contribution in [0.15, 0.2) is 12.7 Å². The maximum Gasteiger partial charge on any atom is 0.326 e. The van der Waals surface area contributed by atoms with E-state index in [1.807, 2.05) is 13.8 Å². The lowest BCUT2D eigenvalue weighted by atomic mass is 10.0. The third-order valence-electron chi connectivity index (χ3n) is 2.38. The molecule has 2 N–H and O–H groups in total. The van der Waals surface area contributed by atoms with Gasteiger partial charge in [-0.25, -0.2) is 4.79 Å². The van der Waals surface area contributed by atoms with Gasteiger partial charge in [0.05, 0.1) is 6.61 Å². The Balaban J connectivity index is 4.23. The number of carboxylic acids is 1. The van der Waals surface area contributed by atoms with E-state index in [2.05, 4.69) is 11.9 Å². The molecule has 1 amide bonds. The maximum absolute atomic E-state index is 11.7. The second-order valence-corrected chi connectivity index (χ2v) is 4.62. The molecule has 0 rings (SSSR count). The lowest BCUT2D eigenvalue weighted by Gasteiger charge is -2.19. The molecule has 0 aromatic carbocycles. The number of ether oxygens (including phenoxy) is 1. The summed E-state index contributed by atoms with van der Waals surface area (Å²) >= 11 is 0. The normalized spacial score (nSPS) is 14.0. The molecule has 1 unspecified atom stereocenters. The standard InChI is InChI=1S/C13H23NO4/c1-5-6-7-18-10(4)12(15)14-11(13(16)17)8-9(2)3/h5,9-11H,1,6-8H2,2-4H3,(H,14,15)(H,16,17)/t10?,11-/m1/s1. The highest BCUT2D eigenvalue weighted by Gasteiger charge is 2.23. The summed E-state index contributed by atoms with van der Waals surface area (Å²) < 4.78 is 5.25. The second-order valence-electron chi connectivity index (χ2n) is 4.62. The quantitative estimate of drug-likeness (QED) is 0.486. The molecule has 5 heteroatoms. The fraction of sp³-hybridized carbons (Fsp3) is 0.692. The van der Waals surface area contributed by atoms with Crippen LogP contribution in [0.3, 0.4) is 0 Å². The van der Waals surface area contributed by atoms with E-state index >= 15 is 0 Å². The van der Waals surface area contributed by atoms with Crippen molar-refractivity contribution in [3.63, 3.8) is 0 Å². The molecule has 104 valence electrons. The van der Waals surface area contributed by atoms with Gasteiger partial charge in [0.15, 0.2) is 0 Å². The zero-order chi connectivity index (χ0) is 14.1. The number of hydrogen-bond acceptors (Lipinski definition) is 3. The predicted molar refractivity (Wildman–Crippen MR) is 69.2 cm³/mol. The molecule has 0 aromatic heterocycles. The van der Waals surface area contributed by atoms with Gasteiger partial charge in [-0.15, -0.1) is 6.58 Å². The van der Waals surface area contributed by atoms with Crippen LogP contribution in [0.1, 0.15) is 33.6 Å². The Bertz CT molecular complexity index is 289. The van der Waals surface area contributed by atoms with Crippen LogP contribution in [-0.2, 0) is 14.3 Å². The van der Waals surface area contributed by atoms with Gasteiger partial charge in [-0.3, -0.25) is 4.79 Å². The summed E-state index contributed by atoms with van der Waals surface area (Å²) in [6.07, 6.45) is 2.11. The van der Waals surface area contributed by atoms with E-state index in [4.69, 9.17) is 9.84 Å². The van der Waals surface area contributed by atoms with Gasteiger partial charge >= 0.3 is 5.97 Å². The Morgan fingerprint density at radius 1 is 1.39 bits per heavy atom. The van der Waals surface area contributed by atoms with Crippen molar-refractivity contribution in [2.45, 2.75) is 45.8 Å². The Kier molecular flexibility index (Phi) is 8.03. The monoisotopic (exact) mass is 257 g/mol. The molecule has 2 atom stereocenters. The van der Waals surface area contributed by atoms with E-state index in [1.54, 1.807) is 13.0 Å². The number of hydrogen-bond donors (Lipinski definition) is 2. The molecule has 5 nitrogen and oxygen atoms in total. The first-order valence-corrected chi connectivity index (χ1v) is 6.14. The molecule has 0 saturated heterocycles. The van der Waals surface area contributed by atoms with E-state index in [0.717, 1.165) is 0 Å². The van der Waals surface area contributed by atoms with E-state index in [1.165, 1.54) is 0 Å². The first-order chi connectivity index (χ1) is 8.38. The Hall–Kier alpha value is -1.36. The largest absolute Gasteiger partial charge is 0.480 e. The molecule has 0 saturated carbocycles. The first kappa shape index (κ1) is 16.6. The number of amides is 1. The van der Waals surface area contributed by atoms with Crippen molar-refractivity contribution < 1.29 is 19.4 Å². The van der Waals surface area contributed by atoms with Crippen LogP contribution < -0.4 is 5.32 Å².